The Hall–Kier alpha value is 0.270. The Bertz CT molecular complexity index is 76.5. The van der Waals surface area contributed by atoms with E-state index in [2.05, 4.69) is 19.2 Å². The minimum atomic E-state index is 0.167. The summed E-state index contributed by atoms with van der Waals surface area (Å²) in [6.07, 6.45) is 0. The summed E-state index contributed by atoms with van der Waals surface area (Å²) >= 11 is 1.80. The molecule has 1 saturated heterocycles. The Morgan fingerprint density at radius 3 is 2.25 bits per heavy atom. The molecule has 0 aromatic heterocycles. The van der Waals surface area contributed by atoms with Crippen molar-refractivity contribution in [1.82, 2.24) is 5.32 Å². The van der Waals surface area contributed by atoms with Crippen LogP contribution in [0, 0.1) is 0 Å². The normalized spacial score (nSPS) is 47.6. The van der Waals surface area contributed by atoms with Gasteiger partial charge in [-0.05, 0) is 6.92 Å². The molecule has 3 atom stereocenters. The minimum Gasteiger partial charge on any atom is -0.307 e. The van der Waals surface area contributed by atoms with E-state index in [1.165, 1.54) is 0 Å². The van der Waals surface area contributed by atoms with Crippen LogP contribution in [0.3, 0.4) is 0 Å². The Kier molecular flexibility index (Phi) is 1.80. The molecule has 1 rings (SSSR count). The zero-order valence-electron chi connectivity index (χ0n) is 5.22. The van der Waals surface area contributed by atoms with Gasteiger partial charge < -0.3 is 5.73 Å². The number of hydrogen-bond donors (Lipinski definition) is 2. The van der Waals surface area contributed by atoms with Gasteiger partial charge in [0.2, 0.25) is 0 Å². The second-order valence-electron chi connectivity index (χ2n) is 2.22. The van der Waals surface area contributed by atoms with E-state index in [0.717, 1.165) is 0 Å². The van der Waals surface area contributed by atoms with Crippen molar-refractivity contribution in [2.45, 2.75) is 30.6 Å². The molecule has 3 N–H and O–H groups in total. The van der Waals surface area contributed by atoms with Crippen molar-refractivity contribution in [2.24, 2.45) is 5.73 Å². The van der Waals surface area contributed by atoms with E-state index >= 15 is 0 Å². The zero-order valence-corrected chi connectivity index (χ0v) is 6.03. The van der Waals surface area contributed by atoms with Gasteiger partial charge in [0.25, 0.3) is 0 Å². The zero-order chi connectivity index (χ0) is 6.15. The van der Waals surface area contributed by atoms with Gasteiger partial charge in [-0.25, -0.2) is 0 Å². The summed E-state index contributed by atoms with van der Waals surface area (Å²) in [6.45, 7) is 4.35. The molecular formula is C5H12N2S. The predicted octanol–water partition coefficient (Wildman–Crippen LogP) is 0.342. The number of rotatable bonds is 0. The molecule has 3 heteroatoms. The number of hydrogen-bond acceptors (Lipinski definition) is 3. The first-order chi connectivity index (χ1) is 3.70. The van der Waals surface area contributed by atoms with E-state index in [-0.39, 0.29) is 5.50 Å². The largest absolute Gasteiger partial charge is 0.307 e. The number of nitrogens with two attached hydrogens (primary N) is 1. The van der Waals surface area contributed by atoms with Gasteiger partial charge in [-0.1, -0.05) is 6.92 Å². The van der Waals surface area contributed by atoms with Crippen LogP contribution >= 0.6 is 11.8 Å². The molecule has 0 aromatic carbocycles. The van der Waals surface area contributed by atoms with Crippen LogP contribution in [0.4, 0.5) is 0 Å². The molecule has 1 heterocycles. The Labute approximate surface area is 54.2 Å². The summed E-state index contributed by atoms with van der Waals surface area (Å²) in [4.78, 5) is 0. The highest BCUT2D eigenvalue weighted by atomic mass is 32.2. The monoisotopic (exact) mass is 132 g/mol. The van der Waals surface area contributed by atoms with E-state index in [1.54, 1.807) is 11.8 Å². The molecule has 1 aliphatic rings. The van der Waals surface area contributed by atoms with E-state index in [0.29, 0.717) is 11.3 Å². The quantitative estimate of drug-likeness (QED) is 0.499. The third-order valence-corrected chi connectivity index (χ3v) is 2.76. The van der Waals surface area contributed by atoms with E-state index in [4.69, 9.17) is 5.73 Å². The Morgan fingerprint density at radius 2 is 2.12 bits per heavy atom. The summed E-state index contributed by atoms with van der Waals surface area (Å²) in [5.74, 6) is 0. The lowest BCUT2D eigenvalue weighted by Crippen LogP contribution is -2.34. The fraction of sp³-hybridized carbons (Fsp3) is 1.00. The van der Waals surface area contributed by atoms with Gasteiger partial charge in [0.15, 0.2) is 0 Å². The molecule has 0 saturated carbocycles. The number of nitrogens with one attached hydrogen (secondary N) is 1. The van der Waals surface area contributed by atoms with Crippen molar-refractivity contribution < 1.29 is 0 Å². The number of thioether (sulfide) groups is 1. The van der Waals surface area contributed by atoms with Crippen molar-refractivity contribution in [3.8, 4) is 0 Å². The summed E-state index contributed by atoms with van der Waals surface area (Å²) < 4.78 is 0. The molecule has 1 aliphatic heterocycles. The molecule has 0 aliphatic carbocycles. The van der Waals surface area contributed by atoms with Crippen LogP contribution in [0.1, 0.15) is 13.8 Å². The first-order valence-corrected chi connectivity index (χ1v) is 3.81. The highest BCUT2D eigenvalue weighted by molar-refractivity contribution is 8.00. The molecule has 0 radical (unpaired) electrons. The van der Waals surface area contributed by atoms with Gasteiger partial charge in [-0.15, -0.1) is 11.8 Å². The second kappa shape index (κ2) is 2.25. The molecular weight excluding hydrogens is 120 g/mol. The van der Waals surface area contributed by atoms with E-state index in [1.807, 2.05) is 0 Å². The van der Waals surface area contributed by atoms with Gasteiger partial charge in [0, 0.05) is 11.3 Å². The lowest BCUT2D eigenvalue weighted by molar-refractivity contribution is 0.571. The smallest absolute Gasteiger partial charge is 0.103 e. The van der Waals surface area contributed by atoms with Crippen molar-refractivity contribution in [3.63, 3.8) is 0 Å². The van der Waals surface area contributed by atoms with E-state index in [9.17, 15) is 0 Å². The van der Waals surface area contributed by atoms with Crippen molar-refractivity contribution >= 4 is 11.8 Å². The third kappa shape index (κ3) is 1.16. The SMILES string of the molecule is CC1NC(N)SC1C. The fourth-order valence-corrected chi connectivity index (χ4v) is 1.85. The van der Waals surface area contributed by atoms with Gasteiger partial charge in [0.1, 0.15) is 5.50 Å². The second-order valence-corrected chi connectivity index (χ2v) is 3.74. The molecule has 2 nitrogen and oxygen atoms in total. The fourth-order valence-electron chi connectivity index (χ4n) is 0.783. The lowest BCUT2D eigenvalue weighted by atomic mass is 10.3. The summed E-state index contributed by atoms with van der Waals surface area (Å²) in [5, 5.41) is 3.88. The van der Waals surface area contributed by atoms with E-state index < -0.39 is 0 Å². The summed E-state index contributed by atoms with van der Waals surface area (Å²) in [5.41, 5.74) is 5.73. The minimum absolute atomic E-state index is 0.167. The summed E-state index contributed by atoms with van der Waals surface area (Å²) in [6, 6.07) is 0.579. The standard InChI is InChI=1S/C5H12N2S/c1-3-4(2)8-5(6)7-3/h3-5,7H,6H2,1-2H3. The van der Waals surface area contributed by atoms with Crippen LogP contribution in [0.5, 0.6) is 0 Å². The van der Waals surface area contributed by atoms with Crippen LogP contribution in [0.25, 0.3) is 0 Å². The van der Waals surface area contributed by atoms with Gasteiger partial charge in [-0.3, -0.25) is 5.32 Å². The van der Waals surface area contributed by atoms with Crippen LogP contribution in [0.2, 0.25) is 0 Å². The average Bonchev–Trinajstić information content (AvgIpc) is 1.85. The third-order valence-electron chi connectivity index (χ3n) is 1.49. The molecule has 8 heavy (non-hydrogen) atoms. The maximum absolute atomic E-state index is 5.57. The first kappa shape index (κ1) is 6.39. The highest BCUT2D eigenvalue weighted by Gasteiger charge is 2.24. The first-order valence-electron chi connectivity index (χ1n) is 2.87. The molecule has 48 valence electrons. The van der Waals surface area contributed by atoms with Crippen molar-refractivity contribution in [1.29, 1.82) is 0 Å². The van der Waals surface area contributed by atoms with Crippen molar-refractivity contribution in [2.75, 3.05) is 0 Å². The Morgan fingerprint density at radius 1 is 1.50 bits per heavy atom. The summed E-state index contributed by atoms with van der Waals surface area (Å²) in [7, 11) is 0. The van der Waals surface area contributed by atoms with Crippen LogP contribution in [0.15, 0.2) is 0 Å². The van der Waals surface area contributed by atoms with Crippen molar-refractivity contribution in [3.05, 3.63) is 0 Å². The van der Waals surface area contributed by atoms with Gasteiger partial charge in [-0.2, -0.15) is 0 Å². The van der Waals surface area contributed by atoms with Crippen LogP contribution in [-0.4, -0.2) is 16.8 Å². The van der Waals surface area contributed by atoms with Crippen LogP contribution < -0.4 is 11.1 Å². The molecule has 3 unspecified atom stereocenters. The lowest BCUT2D eigenvalue weighted by Gasteiger charge is -2.04. The molecule has 0 aromatic rings. The maximum Gasteiger partial charge on any atom is 0.103 e. The van der Waals surface area contributed by atoms with Crippen LogP contribution in [-0.2, 0) is 0 Å². The van der Waals surface area contributed by atoms with Gasteiger partial charge in [0.05, 0.1) is 0 Å². The topological polar surface area (TPSA) is 38.0 Å². The molecule has 0 amide bonds. The Balaban J connectivity index is 2.39. The average molecular weight is 132 g/mol. The molecule has 1 fully saturated rings. The highest BCUT2D eigenvalue weighted by Crippen LogP contribution is 2.22. The van der Waals surface area contributed by atoms with Gasteiger partial charge >= 0.3 is 0 Å². The molecule has 0 spiro atoms. The molecule has 0 bridgehead atoms. The maximum atomic E-state index is 5.57. The predicted molar refractivity (Wildman–Crippen MR) is 37.6 cm³/mol.